The van der Waals surface area contributed by atoms with Gasteiger partial charge in [-0.2, -0.15) is 0 Å². The molecule has 0 amide bonds. The summed E-state index contributed by atoms with van der Waals surface area (Å²) in [5, 5.41) is 0. The van der Waals surface area contributed by atoms with E-state index in [1.165, 1.54) is 36.8 Å². The minimum Gasteiger partial charge on any atom is -0.324 e. The van der Waals surface area contributed by atoms with Gasteiger partial charge in [0.2, 0.25) is 0 Å². The minimum atomic E-state index is 0.887. The van der Waals surface area contributed by atoms with Crippen molar-refractivity contribution in [3.8, 4) is 0 Å². The lowest BCUT2D eigenvalue weighted by molar-refractivity contribution is -0.938. The fourth-order valence-corrected chi connectivity index (χ4v) is 2.42. The Morgan fingerprint density at radius 1 is 1.25 bits per heavy atom. The van der Waals surface area contributed by atoms with Crippen molar-refractivity contribution in [2.75, 3.05) is 20.1 Å². The Balaban J connectivity index is 2.58. The average molecular weight is 170 g/mol. The summed E-state index contributed by atoms with van der Waals surface area (Å²) in [6.07, 6.45) is 4.27. The third kappa shape index (κ3) is 1.82. The molecule has 1 rings (SSSR count). The van der Waals surface area contributed by atoms with E-state index in [9.17, 15) is 0 Å². The van der Waals surface area contributed by atoms with Crippen LogP contribution in [0.15, 0.2) is 0 Å². The standard InChI is InChI=1S/C11H24N/c1-5-11-8-7-10(3)12(4,6-2)9-11/h10-11H,5-9H2,1-4H3/q+1. The number of rotatable bonds is 2. The van der Waals surface area contributed by atoms with Gasteiger partial charge in [-0.15, -0.1) is 0 Å². The molecule has 0 aliphatic carbocycles. The van der Waals surface area contributed by atoms with E-state index >= 15 is 0 Å². The summed E-state index contributed by atoms with van der Waals surface area (Å²) in [4.78, 5) is 0. The predicted octanol–water partition coefficient (Wildman–Crippen LogP) is 2.66. The second-order valence-electron chi connectivity index (χ2n) is 4.68. The van der Waals surface area contributed by atoms with E-state index in [2.05, 4.69) is 27.8 Å². The number of hydrogen-bond donors (Lipinski definition) is 0. The molecule has 0 radical (unpaired) electrons. The third-order valence-corrected chi connectivity index (χ3v) is 4.03. The van der Waals surface area contributed by atoms with E-state index in [0.29, 0.717) is 0 Å². The van der Waals surface area contributed by atoms with Crippen LogP contribution in [0.3, 0.4) is 0 Å². The third-order valence-electron chi connectivity index (χ3n) is 4.03. The van der Waals surface area contributed by atoms with Gasteiger partial charge < -0.3 is 4.48 Å². The molecule has 0 saturated carbocycles. The summed E-state index contributed by atoms with van der Waals surface area (Å²) in [6.45, 7) is 9.79. The number of hydrogen-bond acceptors (Lipinski definition) is 0. The Morgan fingerprint density at radius 3 is 2.42 bits per heavy atom. The molecular weight excluding hydrogens is 146 g/mol. The highest BCUT2D eigenvalue weighted by Crippen LogP contribution is 2.28. The first-order valence-corrected chi connectivity index (χ1v) is 5.46. The molecule has 0 aromatic heterocycles. The molecule has 0 spiro atoms. The summed E-state index contributed by atoms with van der Waals surface area (Å²) < 4.78 is 1.30. The maximum absolute atomic E-state index is 2.42. The van der Waals surface area contributed by atoms with Crippen molar-refractivity contribution in [2.24, 2.45) is 5.92 Å². The topological polar surface area (TPSA) is 0 Å². The van der Waals surface area contributed by atoms with Crippen LogP contribution in [0.1, 0.15) is 40.0 Å². The van der Waals surface area contributed by atoms with Crippen LogP contribution in [-0.4, -0.2) is 30.7 Å². The van der Waals surface area contributed by atoms with Crippen molar-refractivity contribution >= 4 is 0 Å². The van der Waals surface area contributed by atoms with E-state index in [0.717, 1.165) is 12.0 Å². The summed E-state index contributed by atoms with van der Waals surface area (Å²) in [7, 11) is 2.42. The maximum atomic E-state index is 2.42. The van der Waals surface area contributed by atoms with Crippen LogP contribution in [0.5, 0.6) is 0 Å². The maximum Gasteiger partial charge on any atom is 0.0859 e. The lowest BCUT2D eigenvalue weighted by atomic mass is 9.89. The van der Waals surface area contributed by atoms with Crippen molar-refractivity contribution in [3.05, 3.63) is 0 Å². The van der Waals surface area contributed by atoms with Gasteiger partial charge in [-0.1, -0.05) is 6.92 Å². The molecule has 0 N–H and O–H groups in total. The van der Waals surface area contributed by atoms with Crippen LogP contribution in [-0.2, 0) is 0 Å². The van der Waals surface area contributed by atoms with Gasteiger partial charge in [-0.3, -0.25) is 0 Å². The van der Waals surface area contributed by atoms with Crippen molar-refractivity contribution in [1.82, 2.24) is 0 Å². The largest absolute Gasteiger partial charge is 0.324 e. The van der Waals surface area contributed by atoms with Crippen molar-refractivity contribution < 1.29 is 4.48 Å². The van der Waals surface area contributed by atoms with E-state index < -0.39 is 0 Å². The van der Waals surface area contributed by atoms with Gasteiger partial charge in [0, 0.05) is 5.92 Å². The van der Waals surface area contributed by atoms with Crippen molar-refractivity contribution in [1.29, 1.82) is 0 Å². The van der Waals surface area contributed by atoms with Crippen LogP contribution in [0.2, 0.25) is 0 Å². The second kappa shape index (κ2) is 3.78. The van der Waals surface area contributed by atoms with Gasteiger partial charge in [0.15, 0.2) is 0 Å². The fourth-order valence-electron chi connectivity index (χ4n) is 2.42. The number of likely N-dealkylation sites (tertiary alicyclic amines) is 1. The summed E-state index contributed by atoms with van der Waals surface area (Å²) in [5.74, 6) is 0.992. The molecule has 3 unspecified atom stereocenters. The Morgan fingerprint density at radius 2 is 1.92 bits per heavy atom. The zero-order valence-corrected chi connectivity index (χ0v) is 9.14. The first-order chi connectivity index (χ1) is 5.62. The quantitative estimate of drug-likeness (QED) is 0.559. The molecule has 0 bridgehead atoms. The Hall–Kier alpha value is -0.0400. The lowest BCUT2D eigenvalue weighted by Crippen LogP contribution is -2.56. The van der Waals surface area contributed by atoms with Gasteiger partial charge in [0.1, 0.15) is 0 Å². The van der Waals surface area contributed by atoms with Crippen molar-refractivity contribution in [2.45, 2.75) is 46.1 Å². The summed E-state index contributed by atoms with van der Waals surface area (Å²) >= 11 is 0. The van der Waals surface area contributed by atoms with Gasteiger partial charge >= 0.3 is 0 Å². The zero-order chi connectivity index (χ0) is 9.19. The highest BCUT2D eigenvalue weighted by Gasteiger charge is 2.34. The molecule has 12 heavy (non-hydrogen) atoms. The molecule has 0 aromatic carbocycles. The van der Waals surface area contributed by atoms with Gasteiger partial charge in [-0.25, -0.2) is 0 Å². The zero-order valence-electron chi connectivity index (χ0n) is 9.14. The summed E-state index contributed by atoms with van der Waals surface area (Å²) in [6, 6.07) is 0.887. The van der Waals surface area contributed by atoms with E-state index in [4.69, 9.17) is 0 Å². The second-order valence-corrected chi connectivity index (χ2v) is 4.68. The SMILES string of the molecule is CCC1CCC(C)[N+](C)(CC)C1. The average Bonchev–Trinajstić information content (AvgIpc) is 2.10. The van der Waals surface area contributed by atoms with Crippen LogP contribution >= 0.6 is 0 Å². The van der Waals surface area contributed by atoms with Crippen LogP contribution < -0.4 is 0 Å². The van der Waals surface area contributed by atoms with Gasteiger partial charge in [0.25, 0.3) is 0 Å². The van der Waals surface area contributed by atoms with Crippen LogP contribution in [0.25, 0.3) is 0 Å². The molecule has 72 valence electrons. The molecule has 1 heteroatoms. The molecule has 1 heterocycles. The normalized spacial score (nSPS) is 43.0. The first kappa shape index (κ1) is 10.0. The highest BCUT2D eigenvalue weighted by atomic mass is 15.4. The fraction of sp³-hybridized carbons (Fsp3) is 1.00. The number of nitrogens with zero attached hydrogens (tertiary/aromatic N) is 1. The molecule has 0 aromatic rings. The van der Waals surface area contributed by atoms with E-state index in [-0.39, 0.29) is 0 Å². The van der Waals surface area contributed by atoms with Crippen LogP contribution in [0, 0.1) is 5.92 Å². The van der Waals surface area contributed by atoms with Crippen molar-refractivity contribution in [3.63, 3.8) is 0 Å². The molecule has 1 nitrogen and oxygen atoms in total. The molecule has 3 atom stereocenters. The first-order valence-electron chi connectivity index (χ1n) is 5.46. The molecular formula is C11H24N+. The number of piperidine rings is 1. The monoisotopic (exact) mass is 170 g/mol. The molecule has 1 aliphatic heterocycles. The Bertz CT molecular complexity index is 144. The van der Waals surface area contributed by atoms with Gasteiger partial charge in [-0.05, 0) is 33.1 Å². The van der Waals surface area contributed by atoms with Crippen LogP contribution in [0.4, 0.5) is 0 Å². The highest BCUT2D eigenvalue weighted by molar-refractivity contribution is 4.67. The van der Waals surface area contributed by atoms with E-state index in [1.54, 1.807) is 0 Å². The lowest BCUT2D eigenvalue weighted by Gasteiger charge is -2.45. The smallest absolute Gasteiger partial charge is 0.0859 e. The minimum absolute atomic E-state index is 0.887. The molecule has 1 saturated heterocycles. The number of quaternary nitrogens is 1. The Labute approximate surface area is 77.4 Å². The summed E-state index contributed by atoms with van der Waals surface area (Å²) in [5.41, 5.74) is 0. The molecule has 1 aliphatic rings. The van der Waals surface area contributed by atoms with Gasteiger partial charge in [0.05, 0.1) is 26.2 Å². The predicted molar refractivity (Wildman–Crippen MR) is 54.1 cm³/mol. The van der Waals surface area contributed by atoms with E-state index in [1.807, 2.05) is 0 Å². The molecule has 1 fully saturated rings. The Kier molecular flexibility index (Phi) is 3.16.